The van der Waals surface area contributed by atoms with Crippen molar-refractivity contribution in [3.05, 3.63) is 77.2 Å². The third-order valence-corrected chi connectivity index (χ3v) is 3.51. The number of fused-ring (bicyclic) bond motifs is 1. The van der Waals surface area contributed by atoms with Gasteiger partial charge < -0.3 is 5.11 Å². The summed E-state index contributed by atoms with van der Waals surface area (Å²) in [6.45, 7) is 1.81. The molecule has 0 saturated carbocycles. The maximum atomic E-state index is 13.4. The molecule has 1 aromatic heterocycles. The summed E-state index contributed by atoms with van der Waals surface area (Å²) in [5, 5.41) is 11.4. The third kappa shape index (κ3) is 3.09. The van der Waals surface area contributed by atoms with E-state index in [1.807, 2.05) is 43.3 Å². The third-order valence-electron chi connectivity index (χ3n) is 3.51. The molecule has 1 unspecified atom stereocenters. The van der Waals surface area contributed by atoms with Crippen LogP contribution in [0.25, 0.3) is 10.9 Å². The van der Waals surface area contributed by atoms with Gasteiger partial charge in [0.25, 0.3) is 0 Å². The molecule has 0 radical (unpaired) electrons. The Morgan fingerprint density at radius 3 is 2.71 bits per heavy atom. The first kappa shape index (κ1) is 13.7. The van der Waals surface area contributed by atoms with E-state index in [0.29, 0.717) is 12.0 Å². The van der Waals surface area contributed by atoms with E-state index in [9.17, 15) is 9.50 Å². The van der Waals surface area contributed by atoms with Crippen LogP contribution in [0, 0.1) is 12.7 Å². The predicted molar refractivity (Wildman–Crippen MR) is 81.5 cm³/mol. The van der Waals surface area contributed by atoms with E-state index in [1.165, 1.54) is 12.1 Å². The number of rotatable bonds is 3. The van der Waals surface area contributed by atoms with Crippen LogP contribution in [-0.2, 0) is 6.42 Å². The van der Waals surface area contributed by atoms with Crippen molar-refractivity contribution in [1.82, 2.24) is 4.98 Å². The molecule has 0 aliphatic rings. The van der Waals surface area contributed by atoms with E-state index in [0.717, 1.165) is 22.2 Å². The Morgan fingerprint density at radius 2 is 1.90 bits per heavy atom. The molecule has 2 nitrogen and oxygen atoms in total. The minimum absolute atomic E-state index is 0.324. The van der Waals surface area contributed by atoms with Gasteiger partial charge in [-0.3, -0.25) is 4.98 Å². The molecule has 1 N–H and O–H groups in total. The van der Waals surface area contributed by atoms with Gasteiger partial charge >= 0.3 is 0 Å². The summed E-state index contributed by atoms with van der Waals surface area (Å²) < 4.78 is 13.4. The van der Waals surface area contributed by atoms with Crippen molar-refractivity contribution < 1.29 is 9.50 Å². The highest BCUT2D eigenvalue weighted by Gasteiger charge is 2.11. The molecule has 0 bridgehead atoms. The lowest BCUT2D eigenvalue weighted by Crippen LogP contribution is -2.04. The van der Waals surface area contributed by atoms with Crippen LogP contribution in [0.15, 0.2) is 54.6 Å². The van der Waals surface area contributed by atoms with Gasteiger partial charge in [-0.25, -0.2) is 4.39 Å². The molecule has 1 atom stereocenters. The Bertz CT molecular complexity index is 765. The first-order valence-electron chi connectivity index (χ1n) is 6.91. The van der Waals surface area contributed by atoms with Crippen LogP contribution < -0.4 is 0 Å². The second-order valence-electron chi connectivity index (χ2n) is 5.28. The molecule has 2 aromatic carbocycles. The summed E-state index contributed by atoms with van der Waals surface area (Å²) in [4.78, 5) is 4.53. The normalized spacial score (nSPS) is 12.5. The molecule has 106 valence electrons. The summed E-state index contributed by atoms with van der Waals surface area (Å²) in [5.41, 5.74) is 3.08. The fourth-order valence-corrected chi connectivity index (χ4v) is 2.49. The summed E-state index contributed by atoms with van der Waals surface area (Å²) in [5.74, 6) is -0.324. The van der Waals surface area contributed by atoms with Gasteiger partial charge in [-0.2, -0.15) is 0 Å². The molecule has 0 amide bonds. The zero-order valence-electron chi connectivity index (χ0n) is 11.8. The summed E-state index contributed by atoms with van der Waals surface area (Å²) in [6, 6.07) is 16.4. The highest BCUT2D eigenvalue weighted by Crippen LogP contribution is 2.21. The van der Waals surface area contributed by atoms with Crippen LogP contribution in [0.3, 0.4) is 0 Å². The highest BCUT2D eigenvalue weighted by molar-refractivity contribution is 5.78. The Balaban J connectivity index is 1.86. The van der Waals surface area contributed by atoms with E-state index in [1.54, 1.807) is 6.07 Å². The smallest absolute Gasteiger partial charge is 0.123 e. The summed E-state index contributed by atoms with van der Waals surface area (Å²) in [7, 11) is 0. The Kier molecular flexibility index (Phi) is 3.67. The monoisotopic (exact) mass is 281 g/mol. The Labute approximate surface area is 122 Å². The van der Waals surface area contributed by atoms with Crippen LogP contribution in [0.1, 0.15) is 22.9 Å². The number of para-hydroxylation sites is 1. The Hall–Kier alpha value is -2.26. The highest BCUT2D eigenvalue weighted by atomic mass is 19.1. The van der Waals surface area contributed by atoms with Crippen LogP contribution >= 0.6 is 0 Å². The van der Waals surface area contributed by atoms with E-state index < -0.39 is 6.10 Å². The van der Waals surface area contributed by atoms with Crippen molar-refractivity contribution in [2.24, 2.45) is 0 Å². The number of hydrogen-bond donors (Lipinski definition) is 1. The van der Waals surface area contributed by atoms with Crippen molar-refractivity contribution in [2.45, 2.75) is 19.4 Å². The lowest BCUT2D eigenvalue weighted by molar-refractivity contribution is 0.177. The zero-order chi connectivity index (χ0) is 14.8. The molecule has 21 heavy (non-hydrogen) atoms. The molecule has 3 aromatic rings. The van der Waals surface area contributed by atoms with Gasteiger partial charge in [0.2, 0.25) is 0 Å². The van der Waals surface area contributed by atoms with Gasteiger partial charge in [0.05, 0.1) is 11.6 Å². The Morgan fingerprint density at radius 1 is 1.10 bits per heavy atom. The maximum absolute atomic E-state index is 13.4. The topological polar surface area (TPSA) is 33.1 Å². The molecule has 0 spiro atoms. The van der Waals surface area contributed by atoms with Crippen LogP contribution in [0.2, 0.25) is 0 Å². The van der Waals surface area contributed by atoms with Gasteiger partial charge in [-0.15, -0.1) is 0 Å². The quantitative estimate of drug-likeness (QED) is 0.788. The number of benzene rings is 2. The molecule has 0 aliphatic carbocycles. The van der Waals surface area contributed by atoms with Crippen LogP contribution in [0.5, 0.6) is 0 Å². The van der Waals surface area contributed by atoms with Gasteiger partial charge in [0, 0.05) is 17.5 Å². The predicted octanol–water partition coefficient (Wildman–Crippen LogP) is 3.96. The second kappa shape index (κ2) is 5.62. The van der Waals surface area contributed by atoms with E-state index in [4.69, 9.17) is 0 Å². The maximum Gasteiger partial charge on any atom is 0.123 e. The minimum atomic E-state index is -0.756. The number of pyridine rings is 1. The number of aliphatic hydroxyl groups excluding tert-OH is 1. The number of hydrogen-bond acceptors (Lipinski definition) is 2. The van der Waals surface area contributed by atoms with Gasteiger partial charge in [0.1, 0.15) is 5.82 Å². The van der Waals surface area contributed by atoms with Crippen molar-refractivity contribution >= 4 is 10.9 Å². The molecule has 3 heteroatoms. The standard InChI is InChI=1S/C18H16FNO/c1-12-8-14(10-15(19)9-12)18(21)11-16-7-6-13-4-2-3-5-17(13)20-16/h2-10,18,21H,11H2,1H3. The fourth-order valence-electron chi connectivity index (χ4n) is 2.49. The fraction of sp³-hybridized carbons (Fsp3) is 0.167. The van der Waals surface area contributed by atoms with Crippen LogP contribution in [0.4, 0.5) is 4.39 Å². The summed E-state index contributed by atoms with van der Waals surface area (Å²) in [6.07, 6.45) is -0.388. The molecule has 0 fully saturated rings. The van der Waals surface area contributed by atoms with Crippen molar-refractivity contribution in [3.8, 4) is 0 Å². The molecule has 3 rings (SSSR count). The first-order chi connectivity index (χ1) is 10.1. The van der Waals surface area contributed by atoms with Crippen LogP contribution in [-0.4, -0.2) is 10.1 Å². The molecule has 0 saturated heterocycles. The molecular weight excluding hydrogens is 265 g/mol. The lowest BCUT2D eigenvalue weighted by atomic mass is 10.0. The second-order valence-corrected chi connectivity index (χ2v) is 5.28. The SMILES string of the molecule is Cc1cc(F)cc(C(O)Cc2ccc3ccccc3n2)c1. The lowest BCUT2D eigenvalue weighted by Gasteiger charge is -2.12. The molecule has 0 aliphatic heterocycles. The largest absolute Gasteiger partial charge is 0.388 e. The van der Waals surface area contributed by atoms with Crippen molar-refractivity contribution in [2.75, 3.05) is 0 Å². The van der Waals surface area contributed by atoms with Crippen molar-refractivity contribution in [3.63, 3.8) is 0 Å². The number of nitrogens with zero attached hydrogens (tertiary/aromatic N) is 1. The van der Waals surface area contributed by atoms with Gasteiger partial charge in [-0.1, -0.05) is 30.3 Å². The average molecular weight is 281 g/mol. The van der Waals surface area contributed by atoms with E-state index in [2.05, 4.69) is 4.98 Å². The summed E-state index contributed by atoms with van der Waals surface area (Å²) >= 11 is 0. The van der Waals surface area contributed by atoms with Gasteiger partial charge in [-0.05, 0) is 42.3 Å². The number of aryl methyl sites for hydroxylation is 1. The van der Waals surface area contributed by atoms with E-state index >= 15 is 0 Å². The number of aliphatic hydroxyl groups is 1. The zero-order valence-corrected chi connectivity index (χ0v) is 11.8. The molecule has 1 heterocycles. The first-order valence-corrected chi connectivity index (χ1v) is 6.91. The number of halogens is 1. The van der Waals surface area contributed by atoms with Crippen molar-refractivity contribution in [1.29, 1.82) is 0 Å². The minimum Gasteiger partial charge on any atom is -0.388 e. The average Bonchev–Trinajstić information content (AvgIpc) is 2.46. The molecular formula is C18H16FNO. The van der Waals surface area contributed by atoms with E-state index in [-0.39, 0.29) is 5.82 Å². The number of aromatic nitrogens is 1. The van der Waals surface area contributed by atoms with Gasteiger partial charge in [0.15, 0.2) is 0 Å².